The molecule has 1 saturated heterocycles. The van der Waals surface area contributed by atoms with E-state index in [2.05, 4.69) is 9.97 Å². The molecular formula is C15H18N4O4S. The summed E-state index contributed by atoms with van der Waals surface area (Å²) in [6.07, 6.45) is -2.48. The van der Waals surface area contributed by atoms with Crippen molar-refractivity contribution in [2.75, 3.05) is 25.6 Å². The van der Waals surface area contributed by atoms with Crippen molar-refractivity contribution in [2.45, 2.75) is 24.5 Å². The monoisotopic (exact) mass is 350 g/mol. The number of aromatic nitrogens is 3. The maximum atomic E-state index is 10.4. The van der Waals surface area contributed by atoms with E-state index in [1.54, 1.807) is 15.9 Å². The summed E-state index contributed by atoms with van der Waals surface area (Å²) in [7, 11) is 3.82. The fraction of sp³-hybridized carbons (Fsp3) is 0.467. The zero-order chi connectivity index (χ0) is 17.0. The van der Waals surface area contributed by atoms with Gasteiger partial charge in [-0.15, -0.1) is 11.3 Å². The highest BCUT2D eigenvalue weighted by molar-refractivity contribution is 7.18. The van der Waals surface area contributed by atoms with Gasteiger partial charge in [-0.25, -0.2) is 9.97 Å². The molecule has 4 atom stereocenters. The summed E-state index contributed by atoms with van der Waals surface area (Å²) in [6.45, 7) is -0.362. The molecule has 0 bridgehead atoms. The second-order valence-corrected chi connectivity index (χ2v) is 6.94. The van der Waals surface area contributed by atoms with Gasteiger partial charge in [0.2, 0.25) is 0 Å². The average molecular weight is 350 g/mol. The van der Waals surface area contributed by atoms with E-state index in [9.17, 15) is 15.3 Å². The van der Waals surface area contributed by atoms with Crippen LogP contribution in [0.25, 0.3) is 21.3 Å². The fourth-order valence-corrected chi connectivity index (χ4v) is 4.16. The molecule has 4 rings (SSSR count). The summed E-state index contributed by atoms with van der Waals surface area (Å²) >= 11 is 1.56. The Hall–Kier alpha value is -1.78. The smallest absolute Gasteiger partial charge is 0.165 e. The van der Waals surface area contributed by atoms with Crippen LogP contribution in [0, 0.1) is 0 Å². The lowest BCUT2D eigenvalue weighted by Gasteiger charge is -2.18. The Morgan fingerprint density at radius 3 is 2.75 bits per heavy atom. The molecule has 1 aliphatic heterocycles. The highest BCUT2D eigenvalue weighted by atomic mass is 32.1. The third-order valence-corrected chi connectivity index (χ3v) is 5.28. The molecule has 0 saturated carbocycles. The molecule has 3 aromatic heterocycles. The molecule has 8 nitrogen and oxygen atoms in total. The molecule has 3 aromatic rings. The van der Waals surface area contributed by atoms with Gasteiger partial charge in [-0.1, -0.05) is 0 Å². The molecular weight excluding hydrogens is 332 g/mol. The number of nitrogens with zero attached hydrogens (tertiary/aromatic N) is 4. The van der Waals surface area contributed by atoms with Crippen LogP contribution >= 0.6 is 11.3 Å². The number of fused-ring (bicyclic) bond motifs is 3. The number of anilines is 1. The quantitative estimate of drug-likeness (QED) is 0.625. The van der Waals surface area contributed by atoms with Crippen molar-refractivity contribution in [1.82, 2.24) is 14.5 Å². The number of hydrogen-bond acceptors (Lipinski definition) is 8. The van der Waals surface area contributed by atoms with E-state index in [1.807, 2.05) is 30.4 Å². The van der Waals surface area contributed by atoms with Gasteiger partial charge >= 0.3 is 0 Å². The van der Waals surface area contributed by atoms with Crippen molar-refractivity contribution in [3.8, 4) is 0 Å². The first-order valence-electron chi connectivity index (χ1n) is 7.56. The summed E-state index contributed by atoms with van der Waals surface area (Å²) in [6, 6.07) is 1.93. The molecule has 0 spiro atoms. The van der Waals surface area contributed by atoms with Crippen LogP contribution in [-0.4, -0.2) is 68.9 Å². The molecule has 1 fully saturated rings. The summed E-state index contributed by atoms with van der Waals surface area (Å²) in [4.78, 5) is 10.6. The van der Waals surface area contributed by atoms with E-state index >= 15 is 0 Å². The van der Waals surface area contributed by atoms with E-state index < -0.39 is 24.5 Å². The lowest BCUT2D eigenvalue weighted by atomic mass is 10.1. The Morgan fingerprint density at radius 2 is 2.08 bits per heavy atom. The molecule has 0 radical (unpaired) electrons. The Bertz CT molecular complexity index is 892. The standard InChI is InChI=1S/C15H18N4O4S/c1-18(2)13-9-12-7(3-4-24-12)19(14(9)17-6-16-13)15-11(22)10(21)8(5-20)23-15/h3-4,6,8,10-11,15,20-22H,5H2,1-2H3/t8-,10-,11-,15-/m1/s1. The zero-order valence-electron chi connectivity index (χ0n) is 13.2. The summed E-state index contributed by atoms with van der Waals surface area (Å²) in [5.74, 6) is 0.776. The average Bonchev–Trinajstić information content (AvgIpc) is 3.22. The van der Waals surface area contributed by atoms with Gasteiger partial charge in [-0.2, -0.15) is 0 Å². The molecule has 0 amide bonds. The number of ether oxygens (including phenoxy) is 1. The molecule has 0 aliphatic carbocycles. The number of aliphatic hydroxyl groups is 3. The zero-order valence-corrected chi connectivity index (χ0v) is 14.0. The first-order valence-corrected chi connectivity index (χ1v) is 8.44. The maximum Gasteiger partial charge on any atom is 0.165 e. The van der Waals surface area contributed by atoms with Crippen LogP contribution in [0.1, 0.15) is 6.23 Å². The van der Waals surface area contributed by atoms with E-state index in [0.29, 0.717) is 5.65 Å². The Balaban J connectivity index is 1.98. The van der Waals surface area contributed by atoms with Gasteiger partial charge < -0.3 is 25.0 Å². The molecule has 3 N–H and O–H groups in total. The minimum atomic E-state index is -1.15. The molecule has 128 valence electrons. The van der Waals surface area contributed by atoms with E-state index in [0.717, 1.165) is 21.4 Å². The fourth-order valence-electron chi connectivity index (χ4n) is 3.24. The van der Waals surface area contributed by atoms with Gasteiger partial charge in [0.25, 0.3) is 0 Å². The highest BCUT2D eigenvalue weighted by Gasteiger charge is 2.44. The van der Waals surface area contributed by atoms with Crippen molar-refractivity contribution < 1.29 is 20.1 Å². The van der Waals surface area contributed by atoms with Crippen LogP contribution in [0.5, 0.6) is 0 Å². The minimum absolute atomic E-state index is 0.362. The third-order valence-electron chi connectivity index (χ3n) is 4.36. The molecule has 0 aromatic carbocycles. The third kappa shape index (κ3) is 2.06. The Kier molecular flexibility index (Phi) is 3.70. The normalized spacial score (nSPS) is 27.4. The number of rotatable bonds is 3. The lowest BCUT2D eigenvalue weighted by Crippen LogP contribution is -2.33. The van der Waals surface area contributed by atoms with E-state index in [-0.39, 0.29) is 6.61 Å². The first kappa shape index (κ1) is 15.7. The Labute approximate surface area is 141 Å². The lowest BCUT2D eigenvalue weighted by molar-refractivity contribution is -0.0489. The molecule has 4 heterocycles. The van der Waals surface area contributed by atoms with Crippen LogP contribution in [0.3, 0.4) is 0 Å². The molecule has 1 aliphatic rings. The van der Waals surface area contributed by atoms with Crippen LogP contribution in [-0.2, 0) is 4.74 Å². The SMILES string of the molecule is CN(C)c1ncnc2c1c1sccc1n2[C@@H]1O[C@H](CO)[C@@H](O)[C@H]1O. The van der Waals surface area contributed by atoms with Crippen molar-refractivity contribution >= 4 is 38.4 Å². The molecule has 24 heavy (non-hydrogen) atoms. The van der Waals surface area contributed by atoms with Gasteiger partial charge in [0.1, 0.15) is 36.1 Å². The predicted molar refractivity (Wildman–Crippen MR) is 90.2 cm³/mol. The van der Waals surface area contributed by atoms with Gasteiger partial charge in [0, 0.05) is 14.1 Å². The van der Waals surface area contributed by atoms with Crippen LogP contribution in [0.15, 0.2) is 17.8 Å². The van der Waals surface area contributed by atoms with Gasteiger partial charge in [-0.3, -0.25) is 4.57 Å². The number of aliphatic hydroxyl groups excluding tert-OH is 3. The van der Waals surface area contributed by atoms with Crippen molar-refractivity contribution in [3.05, 3.63) is 17.8 Å². The Morgan fingerprint density at radius 1 is 1.29 bits per heavy atom. The minimum Gasteiger partial charge on any atom is -0.394 e. The summed E-state index contributed by atoms with van der Waals surface area (Å²) in [5, 5.41) is 32.7. The number of thiophene rings is 1. The predicted octanol–water partition coefficient (Wildman–Crippen LogP) is 0.323. The van der Waals surface area contributed by atoms with Crippen LogP contribution in [0.4, 0.5) is 5.82 Å². The van der Waals surface area contributed by atoms with Crippen molar-refractivity contribution in [2.24, 2.45) is 0 Å². The second-order valence-electron chi connectivity index (χ2n) is 6.02. The van der Waals surface area contributed by atoms with Crippen molar-refractivity contribution in [3.63, 3.8) is 0 Å². The second kappa shape index (κ2) is 5.64. The largest absolute Gasteiger partial charge is 0.394 e. The van der Waals surface area contributed by atoms with Gasteiger partial charge in [0.15, 0.2) is 6.23 Å². The van der Waals surface area contributed by atoms with Crippen LogP contribution in [0.2, 0.25) is 0 Å². The van der Waals surface area contributed by atoms with Crippen molar-refractivity contribution in [1.29, 1.82) is 0 Å². The highest BCUT2D eigenvalue weighted by Crippen LogP contribution is 2.41. The van der Waals surface area contributed by atoms with E-state index in [4.69, 9.17) is 4.74 Å². The van der Waals surface area contributed by atoms with Crippen LogP contribution < -0.4 is 4.90 Å². The maximum absolute atomic E-state index is 10.4. The topological polar surface area (TPSA) is 104 Å². The van der Waals surface area contributed by atoms with E-state index in [1.165, 1.54) is 6.33 Å². The summed E-state index contributed by atoms with van der Waals surface area (Å²) < 4.78 is 8.48. The first-order chi connectivity index (χ1) is 11.5. The van der Waals surface area contributed by atoms with Gasteiger partial charge in [0.05, 0.1) is 22.2 Å². The summed E-state index contributed by atoms with van der Waals surface area (Å²) in [5.41, 5.74) is 1.49. The molecule has 9 heteroatoms. The number of hydrogen-bond donors (Lipinski definition) is 3. The molecule has 0 unspecified atom stereocenters. The van der Waals surface area contributed by atoms with Gasteiger partial charge in [-0.05, 0) is 11.4 Å².